The molecule has 0 aromatic heterocycles. The van der Waals surface area contributed by atoms with Gasteiger partial charge in [0.2, 0.25) is 0 Å². The molecule has 0 atom stereocenters. The van der Waals surface area contributed by atoms with E-state index in [1.165, 1.54) is 12.1 Å². The van der Waals surface area contributed by atoms with Crippen LogP contribution in [0.1, 0.15) is 0 Å². The molecule has 0 fully saturated rings. The van der Waals surface area contributed by atoms with Gasteiger partial charge in [0, 0.05) is 11.8 Å². The molecule has 0 bridgehead atoms. The summed E-state index contributed by atoms with van der Waals surface area (Å²) in [5.41, 5.74) is 0.196. The van der Waals surface area contributed by atoms with E-state index in [1.807, 2.05) is 0 Å². The summed E-state index contributed by atoms with van der Waals surface area (Å²) in [6.07, 6.45) is 0. The number of hydrogen-bond donors (Lipinski definition) is 1. The summed E-state index contributed by atoms with van der Waals surface area (Å²) < 4.78 is 29.7. The van der Waals surface area contributed by atoms with Gasteiger partial charge in [0.1, 0.15) is 0 Å². The first-order chi connectivity index (χ1) is 5.52. The average molecular weight is 268 g/mol. The zero-order chi connectivity index (χ0) is 9.19. The normalized spacial score (nSPS) is 8.93. The van der Waals surface area contributed by atoms with Crippen LogP contribution >= 0.6 is 11.8 Å². The molecule has 6 nitrogen and oxygen atoms in total. The summed E-state index contributed by atoms with van der Waals surface area (Å²) in [5, 5.41) is 0. The van der Waals surface area contributed by atoms with Gasteiger partial charge in [-0.05, 0) is 12.1 Å². The van der Waals surface area contributed by atoms with Crippen LogP contribution < -0.4 is 3.82 Å². The Morgan fingerprint density at radius 2 is 1.53 bits per heavy atom. The van der Waals surface area contributed by atoms with Crippen LogP contribution in [0.3, 0.4) is 0 Å². The molecule has 0 aliphatic carbocycles. The van der Waals surface area contributed by atoms with Gasteiger partial charge in [0.15, 0.2) is 0 Å². The number of halogens is 1. The van der Waals surface area contributed by atoms with Crippen molar-refractivity contribution in [2.75, 3.05) is 3.82 Å². The predicted octanol–water partition coefficient (Wildman–Crippen LogP) is -0.848. The summed E-state index contributed by atoms with van der Waals surface area (Å²) in [4.78, 5) is 0. The van der Waals surface area contributed by atoms with Crippen molar-refractivity contribution in [2.45, 2.75) is 0 Å². The molecule has 0 spiro atoms. The first-order valence-corrected chi connectivity index (χ1v) is 4.74. The molecule has 1 aromatic carbocycles. The van der Waals surface area contributed by atoms with Crippen molar-refractivity contribution in [3.8, 4) is 0 Å². The van der Waals surface area contributed by atoms with Gasteiger partial charge in [0.05, 0.1) is 5.69 Å². The van der Waals surface area contributed by atoms with Gasteiger partial charge in [-0.1, -0.05) is 18.2 Å². The van der Waals surface area contributed by atoms with Crippen LogP contribution in [-0.4, -0.2) is 53.5 Å². The summed E-state index contributed by atoms with van der Waals surface area (Å²) in [7, 11) is -4.36. The monoisotopic (exact) mass is 267 g/mol. The van der Waals surface area contributed by atoms with Crippen LogP contribution in [-0.2, 0) is 10.3 Å². The third-order valence-electron chi connectivity index (χ3n) is 1.16. The van der Waals surface area contributed by atoms with E-state index in [2.05, 4.69) is 0 Å². The second-order valence-corrected chi connectivity index (χ2v) is 3.83. The molecule has 0 aliphatic heterocycles. The summed E-state index contributed by atoms with van der Waals surface area (Å²) in [5.74, 6) is 0. The van der Waals surface area contributed by atoms with Gasteiger partial charge in [0.25, 0.3) is 0 Å². The fourth-order valence-electron chi connectivity index (χ4n) is 0.678. The average Bonchev–Trinajstić information content (AvgIpc) is 2.03. The standard InChI is InChI=1S/C6H6ClNO3S.Na.2H2O.H/c7-8(12(9,10)11)6-4-2-1-3-5-6;;;;/h1-5H,(H,9,10,11);;2*1H2;. The molecule has 1 rings (SSSR count). The van der Waals surface area contributed by atoms with Gasteiger partial charge >= 0.3 is 39.9 Å². The molecule has 0 saturated carbocycles. The second-order valence-electron chi connectivity index (χ2n) is 2.03. The van der Waals surface area contributed by atoms with Gasteiger partial charge in [-0.25, -0.2) is 0 Å². The quantitative estimate of drug-likeness (QED) is 0.427. The molecular weight excluding hydrogens is 257 g/mol. The predicted molar refractivity (Wildman–Crippen MR) is 60.7 cm³/mol. The summed E-state index contributed by atoms with van der Waals surface area (Å²) in [6, 6.07) is 7.84. The summed E-state index contributed by atoms with van der Waals surface area (Å²) >= 11 is 5.28. The number of rotatable bonds is 2. The van der Waals surface area contributed by atoms with Gasteiger partial charge < -0.3 is 11.0 Å². The van der Waals surface area contributed by atoms with E-state index in [9.17, 15) is 8.42 Å². The third-order valence-corrected chi connectivity index (χ3v) is 2.50. The third kappa shape index (κ3) is 6.33. The Balaban J connectivity index is -0.000000480. The Hall–Kier alpha value is 0.140. The molecule has 0 amide bonds. The molecule has 5 N–H and O–H groups in total. The first kappa shape index (κ1) is 20.5. The molecule has 15 heavy (non-hydrogen) atoms. The van der Waals surface area contributed by atoms with Crippen molar-refractivity contribution in [2.24, 2.45) is 0 Å². The van der Waals surface area contributed by atoms with Crippen molar-refractivity contribution < 1.29 is 23.9 Å². The van der Waals surface area contributed by atoms with Gasteiger partial charge in [-0.2, -0.15) is 12.2 Å². The fourth-order valence-corrected chi connectivity index (χ4v) is 1.18. The minimum atomic E-state index is -4.36. The van der Waals surface area contributed by atoms with E-state index in [-0.39, 0.29) is 50.0 Å². The van der Waals surface area contributed by atoms with E-state index in [4.69, 9.17) is 16.3 Å². The van der Waals surface area contributed by atoms with E-state index in [0.717, 1.165) is 0 Å². The van der Waals surface area contributed by atoms with Gasteiger partial charge in [-0.15, -0.1) is 0 Å². The van der Waals surface area contributed by atoms with Crippen LogP contribution in [0, 0.1) is 0 Å². The maximum absolute atomic E-state index is 10.5. The van der Waals surface area contributed by atoms with E-state index < -0.39 is 10.3 Å². The molecule has 0 saturated heterocycles. The molecule has 1 aromatic rings. The van der Waals surface area contributed by atoms with Crippen molar-refractivity contribution in [1.82, 2.24) is 0 Å². The maximum atomic E-state index is 10.5. The van der Waals surface area contributed by atoms with E-state index in [1.54, 1.807) is 18.2 Å². The van der Waals surface area contributed by atoms with Crippen molar-refractivity contribution in [3.05, 3.63) is 30.3 Å². The molecule has 0 aliphatic rings. The van der Waals surface area contributed by atoms with Gasteiger partial charge in [-0.3, -0.25) is 4.55 Å². The number of nitrogens with zero attached hydrogens (tertiary/aromatic N) is 1. The molecule has 0 unspecified atom stereocenters. The Kier molecular flexibility index (Phi) is 11.4. The Bertz CT molecular complexity index is 359. The Morgan fingerprint density at radius 1 is 1.13 bits per heavy atom. The zero-order valence-corrected chi connectivity index (χ0v) is 8.46. The van der Waals surface area contributed by atoms with Crippen LogP contribution in [0.25, 0.3) is 0 Å². The first-order valence-electron chi connectivity index (χ1n) is 3.00. The molecule has 84 valence electrons. The van der Waals surface area contributed by atoms with Crippen LogP contribution in [0.4, 0.5) is 5.69 Å². The van der Waals surface area contributed by atoms with E-state index in [0.29, 0.717) is 0 Å². The number of anilines is 1. The van der Waals surface area contributed by atoms with Crippen LogP contribution in [0.5, 0.6) is 0 Å². The number of para-hydroxylation sites is 1. The Morgan fingerprint density at radius 3 is 1.87 bits per heavy atom. The molecule has 9 heteroatoms. The molecule has 0 radical (unpaired) electrons. The van der Waals surface area contributed by atoms with Crippen LogP contribution in [0.15, 0.2) is 30.3 Å². The van der Waals surface area contributed by atoms with Crippen LogP contribution in [0.2, 0.25) is 0 Å². The number of benzene rings is 1. The van der Waals surface area contributed by atoms with Crippen molar-refractivity contribution >= 4 is 57.3 Å². The van der Waals surface area contributed by atoms with Crippen molar-refractivity contribution in [3.63, 3.8) is 0 Å². The summed E-state index contributed by atoms with van der Waals surface area (Å²) in [6.45, 7) is 0. The van der Waals surface area contributed by atoms with E-state index >= 15 is 0 Å². The van der Waals surface area contributed by atoms with Crippen molar-refractivity contribution in [1.29, 1.82) is 0 Å². The Labute approximate surface area is 115 Å². The number of hydrogen-bond acceptors (Lipinski definition) is 2. The molecular formula is C6H11ClNNaO5S. The fraction of sp³-hybridized carbons (Fsp3) is 0. The minimum absolute atomic E-state index is 0. The SMILES string of the molecule is O.O.O=S(=O)(O)N(Cl)c1ccccc1.[NaH]. The topological polar surface area (TPSA) is 121 Å². The second kappa shape index (κ2) is 8.31. The zero-order valence-electron chi connectivity index (χ0n) is 6.88. The molecule has 0 heterocycles.